The molecule has 0 heterocycles. The van der Waals surface area contributed by atoms with Crippen LogP contribution in [0.2, 0.25) is 0 Å². The predicted molar refractivity (Wildman–Crippen MR) is 83.8 cm³/mol. The van der Waals surface area contributed by atoms with E-state index in [0.29, 0.717) is 13.1 Å². The fraction of sp³-hybridized carbons (Fsp3) is 0.500. The van der Waals surface area contributed by atoms with E-state index in [9.17, 15) is 14.0 Å². The number of nitrogens with one attached hydrogen (secondary N) is 2. The molecule has 0 spiro atoms. The van der Waals surface area contributed by atoms with Gasteiger partial charge in [0.05, 0.1) is 5.56 Å². The lowest BCUT2D eigenvalue weighted by Crippen LogP contribution is -2.50. The number of hydrogen-bond donors (Lipinski definition) is 3. The highest BCUT2D eigenvalue weighted by Crippen LogP contribution is 2.09. The van der Waals surface area contributed by atoms with Crippen molar-refractivity contribution in [2.45, 2.75) is 32.7 Å². The first-order chi connectivity index (χ1) is 10.5. The number of unbranched alkanes of at least 4 members (excludes halogenated alkanes) is 1. The Kier molecular flexibility index (Phi) is 7.52. The summed E-state index contributed by atoms with van der Waals surface area (Å²) in [6.07, 6.45) is 1.61. The molecule has 5 nitrogen and oxygen atoms in total. The number of benzene rings is 1. The second-order valence-electron chi connectivity index (χ2n) is 5.46. The van der Waals surface area contributed by atoms with Gasteiger partial charge in [-0.1, -0.05) is 26.0 Å². The van der Waals surface area contributed by atoms with Crippen molar-refractivity contribution in [3.63, 3.8) is 0 Å². The number of carbonyl (C=O) groups excluding carboxylic acids is 2. The predicted octanol–water partition coefficient (Wildman–Crippen LogP) is 1.44. The Morgan fingerprint density at radius 2 is 1.91 bits per heavy atom. The van der Waals surface area contributed by atoms with E-state index >= 15 is 0 Å². The van der Waals surface area contributed by atoms with E-state index in [1.807, 2.05) is 13.8 Å². The zero-order chi connectivity index (χ0) is 16.5. The average Bonchev–Trinajstić information content (AvgIpc) is 2.49. The Morgan fingerprint density at radius 3 is 2.50 bits per heavy atom. The number of halogens is 1. The number of amides is 2. The fourth-order valence-electron chi connectivity index (χ4n) is 1.99. The van der Waals surface area contributed by atoms with Gasteiger partial charge in [-0.2, -0.15) is 0 Å². The molecule has 0 aromatic heterocycles. The maximum absolute atomic E-state index is 13.6. The van der Waals surface area contributed by atoms with Crippen LogP contribution in [0.15, 0.2) is 24.3 Å². The van der Waals surface area contributed by atoms with E-state index in [2.05, 4.69) is 10.6 Å². The molecule has 4 N–H and O–H groups in total. The minimum Gasteiger partial charge on any atom is -0.354 e. The Bertz CT molecular complexity index is 506. The average molecular weight is 309 g/mol. The van der Waals surface area contributed by atoms with Gasteiger partial charge in [0.25, 0.3) is 5.91 Å². The molecule has 122 valence electrons. The number of nitrogens with two attached hydrogens (primary N) is 1. The van der Waals surface area contributed by atoms with E-state index in [1.165, 1.54) is 18.2 Å². The highest BCUT2D eigenvalue weighted by atomic mass is 19.1. The molecule has 1 aromatic carbocycles. The molecule has 1 rings (SSSR count). The second-order valence-corrected chi connectivity index (χ2v) is 5.46. The van der Waals surface area contributed by atoms with Gasteiger partial charge in [-0.15, -0.1) is 0 Å². The maximum Gasteiger partial charge on any atom is 0.254 e. The van der Waals surface area contributed by atoms with Crippen LogP contribution in [0, 0.1) is 11.7 Å². The first kappa shape index (κ1) is 18.1. The van der Waals surface area contributed by atoms with Gasteiger partial charge in [0, 0.05) is 6.54 Å². The van der Waals surface area contributed by atoms with Crippen LogP contribution < -0.4 is 16.4 Å². The summed E-state index contributed by atoms with van der Waals surface area (Å²) < 4.78 is 13.6. The SMILES string of the molecule is CC(C)C(NC(=O)c1ccccc1F)C(=O)NCCCCN. The van der Waals surface area contributed by atoms with Crippen LogP contribution >= 0.6 is 0 Å². The molecule has 1 unspecified atom stereocenters. The monoisotopic (exact) mass is 309 g/mol. The van der Waals surface area contributed by atoms with Gasteiger partial charge in [0.15, 0.2) is 0 Å². The summed E-state index contributed by atoms with van der Waals surface area (Å²) in [5.41, 5.74) is 5.33. The molecule has 0 radical (unpaired) electrons. The summed E-state index contributed by atoms with van der Waals surface area (Å²) in [4.78, 5) is 24.3. The molecule has 1 atom stereocenters. The lowest BCUT2D eigenvalue weighted by atomic mass is 10.0. The van der Waals surface area contributed by atoms with E-state index in [4.69, 9.17) is 5.73 Å². The standard InChI is InChI=1S/C16H24FN3O2/c1-11(2)14(16(22)19-10-6-5-9-18)20-15(21)12-7-3-4-8-13(12)17/h3-4,7-8,11,14H,5-6,9-10,18H2,1-2H3,(H,19,22)(H,20,21). The molecular formula is C16H24FN3O2. The minimum atomic E-state index is -0.704. The largest absolute Gasteiger partial charge is 0.354 e. The van der Waals surface area contributed by atoms with Crippen LogP contribution in [-0.2, 0) is 4.79 Å². The quantitative estimate of drug-likeness (QED) is 0.635. The first-order valence-electron chi connectivity index (χ1n) is 7.50. The lowest BCUT2D eigenvalue weighted by molar-refractivity contribution is -0.123. The van der Waals surface area contributed by atoms with Crippen molar-refractivity contribution < 1.29 is 14.0 Å². The van der Waals surface area contributed by atoms with Crippen LogP contribution in [0.3, 0.4) is 0 Å². The van der Waals surface area contributed by atoms with Gasteiger partial charge >= 0.3 is 0 Å². The number of carbonyl (C=O) groups is 2. The molecule has 0 fully saturated rings. The molecule has 1 aromatic rings. The molecule has 0 aliphatic rings. The van der Waals surface area contributed by atoms with Gasteiger partial charge in [-0.25, -0.2) is 4.39 Å². The van der Waals surface area contributed by atoms with Gasteiger partial charge < -0.3 is 16.4 Å². The highest BCUT2D eigenvalue weighted by Gasteiger charge is 2.25. The van der Waals surface area contributed by atoms with Crippen molar-refractivity contribution in [3.8, 4) is 0 Å². The molecule has 0 aliphatic carbocycles. The second kappa shape index (κ2) is 9.15. The number of hydrogen-bond acceptors (Lipinski definition) is 3. The third-order valence-corrected chi connectivity index (χ3v) is 3.28. The molecule has 2 amide bonds. The summed E-state index contributed by atoms with van der Waals surface area (Å²) >= 11 is 0. The van der Waals surface area contributed by atoms with Gasteiger partial charge in [0.1, 0.15) is 11.9 Å². The Morgan fingerprint density at radius 1 is 1.23 bits per heavy atom. The summed E-state index contributed by atoms with van der Waals surface area (Å²) in [6, 6.07) is 4.99. The summed E-state index contributed by atoms with van der Waals surface area (Å²) in [5, 5.41) is 5.37. The Labute approximate surface area is 130 Å². The molecule has 0 saturated heterocycles. The Balaban J connectivity index is 2.66. The van der Waals surface area contributed by atoms with Crippen molar-refractivity contribution in [1.29, 1.82) is 0 Å². The highest BCUT2D eigenvalue weighted by molar-refractivity contribution is 5.97. The third kappa shape index (κ3) is 5.44. The van der Waals surface area contributed by atoms with Crippen molar-refractivity contribution >= 4 is 11.8 Å². The maximum atomic E-state index is 13.6. The van der Waals surface area contributed by atoms with Crippen molar-refractivity contribution in [2.75, 3.05) is 13.1 Å². The van der Waals surface area contributed by atoms with Gasteiger partial charge in [-0.05, 0) is 37.4 Å². The van der Waals surface area contributed by atoms with E-state index in [-0.39, 0.29) is 17.4 Å². The first-order valence-corrected chi connectivity index (χ1v) is 7.50. The molecule has 0 bridgehead atoms. The third-order valence-electron chi connectivity index (χ3n) is 3.28. The normalized spacial score (nSPS) is 12.0. The van der Waals surface area contributed by atoms with Crippen molar-refractivity contribution in [2.24, 2.45) is 11.7 Å². The summed E-state index contributed by atoms with van der Waals surface area (Å²) in [7, 11) is 0. The van der Waals surface area contributed by atoms with Crippen molar-refractivity contribution in [3.05, 3.63) is 35.6 Å². The van der Waals surface area contributed by atoms with E-state index in [0.717, 1.165) is 12.8 Å². The number of rotatable bonds is 8. The summed E-state index contributed by atoms with van der Waals surface area (Å²) in [5.74, 6) is -1.57. The van der Waals surface area contributed by atoms with Crippen LogP contribution in [0.1, 0.15) is 37.0 Å². The van der Waals surface area contributed by atoms with Crippen LogP contribution in [0.25, 0.3) is 0 Å². The minimum absolute atomic E-state index is 0.0657. The zero-order valence-electron chi connectivity index (χ0n) is 13.1. The van der Waals surface area contributed by atoms with Gasteiger partial charge in [-0.3, -0.25) is 9.59 Å². The Hall–Kier alpha value is -1.95. The van der Waals surface area contributed by atoms with Crippen LogP contribution in [0.5, 0.6) is 0 Å². The molecular weight excluding hydrogens is 285 g/mol. The molecule has 0 saturated carbocycles. The van der Waals surface area contributed by atoms with E-state index < -0.39 is 17.8 Å². The lowest BCUT2D eigenvalue weighted by Gasteiger charge is -2.22. The topological polar surface area (TPSA) is 84.2 Å². The molecule has 6 heteroatoms. The van der Waals surface area contributed by atoms with E-state index in [1.54, 1.807) is 6.07 Å². The zero-order valence-corrected chi connectivity index (χ0v) is 13.1. The smallest absolute Gasteiger partial charge is 0.254 e. The fourth-order valence-corrected chi connectivity index (χ4v) is 1.99. The van der Waals surface area contributed by atoms with Crippen molar-refractivity contribution in [1.82, 2.24) is 10.6 Å². The van der Waals surface area contributed by atoms with Crippen LogP contribution in [0.4, 0.5) is 4.39 Å². The van der Waals surface area contributed by atoms with Crippen LogP contribution in [-0.4, -0.2) is 30.9 Å². The molecule has 22 heavy (non-hydrogen) atoms. The summed E-state index contributed by atoms with van der Waals surface area (Å²) in [6.45, 7) is 4.74. The van der Waals surface area contributed by atoms with Gasteiger partial charge in [0.2, 0.25) is 5.91 Å². The molecule has 0 aliphatic heterocycles.